The second-order valence-corrected chi connectivity index (χ2v) is 10.3. The molecule has 5 aromatic rings. The van der Waals surface area contributed by atoms with Crippen molar-refractivity contribution in [3.63, 3.8) is 0 Å². The summed E-state index contributed by atoms with van der Waals surface area (Å²) < 4.78 is 124. The largest absolute Gasteiger partial charge is 0.416 e. The number of anilines is 3. The lowest BCUT2D eigenvalue weighted by Crippen LogP contribution is -2.30. The molecule has 4 aromatic carbocycles. The van der Waals surface area contributed by atoms with Crippen molar-refractivity contribution in [1.29, 1.82) is 0 Å². The molecule has 17 heteroatoms. The van der Waals surface area contributed by atoms with Gasteiger partial charge in [-0.15, -0.1) is 5.10 Å². The van der Waals surface area contributed by atoms with E-state index in [1.165, 1.54) is 18.2 Å². The summed E-state index contributed by atoms with van der Waals surface area (Å²) in [5, 5.41) is 18.2. The van der Waals surface area contributed by atoms with Gasteiger partial charge >= 0.3 is 18.4 Å². The molecule has 3 N–H and O–H groups in total. The van der Waals surface area contributed by atoms with Crippen LogP contribution in [0.3, 0.4) is 0 Å². The molecule has 8 nitrogen and oxygen atoms in total. The number of urea groups is 1. The third kappa shape index (κ3) is 8.21. The van der Waals surface area contributed by atoms with E-state index in [-0.39, 0.29) is 23.3 Å². The molecule has 1 heterocycles. The molecule has 48 heavy (non-hydrogen) atoms. The number of aromatic nitrogens is 4. The van der Waals surface area contributed by atoms with Crippen LogP contribution in [0.15, 0.2) is 78.9 Å². The Labute approximate surface area is 265 Å². The van der Waals surface area contributed by atoms with E-state index in [0.29, 0.717) is 22.8 Å². The van der Waals surface area contributed by atoms with Gasteiger partial charge in [-0.1, -0.05) is 36.4 Å². The molecule has 2 amide bonds. The smallest absolute Gasteiger partial charge is 0.365 e. The van der Waals surface area contributed by atoms with E-state index in [1.807, 2.05) is 0 Å². The van der Waals surface area contributed by atoms with E-state index in [9.17, 15) is 44.3 Å². The number of carbonyl (C=O) groups is 1. The average molecular weight is 680 g/mol. The normalized spacial score (nSPS) is 11.8. The number of amides is 2. The minimum absolute atomic E-state index is 0.158. The van der Waals surface area contributed by atoms with Crippen LogP contribution >= 0.6 is 0 Å². The molecule has 0 bridgehead atoms. The molecule has 0 aliphatic rings. The zero-order valence-corrected chi connectivity index (χ0v) is 24.2. The first kappa shape index (κ1) is 33.7. The van der Waals surface area contributed by atoms with E-state index in [4.69, 9.17) is 0 Å². The highest BCUT2D eigenvalue weighted by Crippen LogP contribution is 2.39. The minimum atomic E-state index is -5.05. The Hall–Kier alpha value is -5.61. The van der Waals surface area contributed by atoms with Gasteiger partial charge in [0.15, 0.2) is 5.82 Å². The summed E-state index contributed by atoms with van der Waals surface area (Å²) >= 11 is 0. The van der Waals surface area contributed by atoms with Gasteiger partial charge in [0.05, 0.1) is 29.0 Å². The van der Waals surface area contributed by atoms with Crippen LogP contribution in [-0.2, 0) is 12.7 Å². The highest BCUT2D eigenvalue weighted by atomic mass is 19.4. The molecule has 0 radical (unpaired) electrons. The highest BCUT2D eigenvalue weighted by Gasteiger charge is 2.35. The van der Waals surface area contributed by atoms with Gasteiger partial charge < -0.3 is 15.5 Å². The second kappa shape index (κ2) is 13.6. The number of nitrogens with one attached hydrogen (secondary N) is 3. The summed E-state index contributed by atoms with van der Waals surface area (Å²) in [4.78, 5) is 14.0. The fraction of sp³-hybridized carbons (Fsp3) is 0.161. The first-order valence-electron chi connectivity index (χ1n) is 13.9. The number of aromatic amines is 1. The minimum Gasteiger partial charge on any atom is -0.365 e. The summed E-state index contributed by atoms with van der Waals surface area (Å²) in [6.45, 7) is -1.66. The van der Waals surface area contributed by atoms with Crippen LogP contribution in [0.1, 0.15) is 17.5 Å². The fourth-order valence-corrected chi connectivity index (χ4v) is 4.86. The van der Waals surface area contributed by atoms with E-state index in [1.54, 1.807) is 24.3 Å². The predicted molar refractivity (Wildman–Crippen MR) is 157 cm³/mol. The van der Waals surface area contributed by atoms with Gasteiger partial charge in [-0.2, -0.15) is 26.3 Å². The summed E-state index contributed by atoms with van der Waals surface area (Å²) in [7, 11) is 0. The maximum atomic E-state index is 14.3. The summed E-state index contributed by atoms with van der Waals surface area (Å²) in [6.07, 6.45) is -11.2. The molecule has 0 unspecified atom stereocenters. The average Bonchev–Trinajstić information content (AvgIpc) is 3.56. The number of halogens is 9. The van der Waals surface area contributed by atoms with Crippen LogP contribution in [-0.4, -0.2) is 39.4 Å². The molecule has 0 spiro atoms. The Morgan fingerprint density at radius 2 is 1.48 bits per heavy atom. The predicted octanol–water partition coefficient (Wildman–Crippen LogP) is 8.57. The standard InChI is InChI=1S/C31H22F9N7O/c32-19-7-5-18(23(14-19)31(38,39)40)16-47(12-11-30(35,36)37)27-10-6-17(21-3-1-2-4-22(21)28-43-45-46-44-28)13-26(27)42-29(48)41-25-9-8-20(33)15-24(25)34/h1-10,13-15H,11-12,16H2,(H2,41,42,48)(H,43,44,45,46). The van der Waals surface area contributed by atoms with Crippen LogP contribution in [0.5, 0.6) is 0 Å². The number of alkyl halides is 6. The van der Waals surface area contributed by atoms with Crippen LogP contribution in [0.25, 0.3) is 22.5 Å². The van der Waals surface area contributed by atoms with Crippen molar-refractivity contribution < 1.29 is 44.3 Å². The Morgan fingerprint density at radius 3 is 2.15 bits per heavy atom. The van der Waals surface area contributed by atoms with Gasteiger partial charge in [-0.25, -0.2) is 23.1 Å². The van der Waals surface area contributed by atoms with Crippen molar-refractivity contribution in [2.75, 3.05) is 22.1 Å². The lowest BCUT2D eigenvalue weighted by atomic mass is 9.98. The number of hydrogen-bond acceptors (Lipinski definition) is 5. The van der Waals surface area contributed by atoms with Crippen molar-refractivity contribution >= 4 is 23.1 Å². The van der Waals surface area contributed by atoms with Crippen LogP contribution in [0.4, 0.5) is 61.4 Å². The molecule has 1 aromatic heterocycles. The van der Waals surface area contributed by atoms with Gasteiger partial charge in [0.25, 0.3) is 0 Å². The van der Waals surface area contributed by atoms with Gasteiger partial charge in [-0.05, 0) is 63.5 Å². The molecule has 0 atom stereocenters. The molecule has 0 aliphatic heterocycles. The van der Waals surface area contributed by atoms with E-state index in [0.717, 1.165) is 29.2 Å². The Bertz CT molecular complexity index is 1910. The topological polar surface area (TPSA) is 98.8 Å². The maximum Gasteiger partial charge on any atom is 0.416 e. The van der Waals surface area contributed by atoms with E-state index < -0.39 is 72.2 Å². The summed E-state index contributed by atoms with van der Waals surface area (Å²) in [5.41, 5.74) is -1.41. The lowest BCUT2D eigenvalue weighted by Gasteiger charge is -2.29. The van der Waals surface area contributed by atoms with Crippen molar-refractivity contribution in [2.24, 2.45) is 0 Å². The number of carbonyl (C=O) groups excluding carboxylic acids is 1. The third-order valence-corrected chi connectivity index (χ3v) is 7.01. The Balaban J connectivity index is 1.61. The van der Waals surface area contributed by atoms with Crippen LogP contribution < -0.4 is 15.5 Å². The van der Waals surface area contributed by atoms with Gasteiger partial charge in [0.1, 0.15) is 17.5 Å². The monoisotopic (exact) mass is 679 g/mol. The van der Waals surface area contributed by atoms with Gasteiger partial charge in [0, 0.05) is 24.7 Å². The number of nitrogens with zero attached hydrogens (tertiary/aromatic N) is 4. The van der Waals surface area contributed by atoms with E-state index >= 15 is 0 Å². The Morgan fingerprint density at radius 1 is 0.792 bits per heavy atom. The SMILES string of the molecule is O=C(Nc1ccc(F)cc1F)Nc1cc(-c2ccccc2-c2nnn[nH]2)ccc1N(CCC(F)(F)F)Cc1ccc(F)cc1C(F)(F)F. The number of H-pyrrole nitrogens is 1. The molecule has 0 saturated carbocycles. The zero-order chi connectivity index (χ0) is 34.6. The number of tetrazole rings is 1. The van der Waals surface area contributed by atoms with Gasteiger partial charge in [-0.3, -0.25) is 0 Å². The van der Waals surface area contributed by atoms with Crippen LogP contribution in [0, 0.1) is 17.5 Å². The van der Waals surface area contributed by atoms with Crippen molar-refractivity contribution in [2.45, 2.75) is 25.3 Å². The highest BCUT2D eigenvalue weighted by molar-refractivity contribution is 6.02. The van der Waals surface area contributed by atoms with Crippen LogP contribution in [0.2, 0.25) is 0 Å². The fourth-order valence-electron chi connectivity index (χ4n) is 4.86. The first-order chi connectivity index (χ1) is 22.7. The molecule has 250 valence electrons. The second-order valence-electron chi connectivity index (χ2n) is 10.3. The first-order valence-corrected chi connectivity index (χ1v) is 13.9. The molecule has 0 saturated heterocycles. The number of hydrogen-bond donors (Lipinski definition) is 3. The Kier molecular flexibility index (Phi) is 9.58. The molecule has 0 fully saturated rings. The molecular weight excluding hydrogens is 657 g/mol. The lowest BCUT2D eigenvalue weighted by molar-refractivity contribution is -0.138. The molecule has 0 aliphatic carbocycles. The van der Waals surface area contributed by atoms with E-state index in [2.05, 4.69) is 31.3 Å². The number of rotatable bonds is 9. The number of benzene rings is 4. The van der Waals surface area contributed by atoms with Crippen molar-refractivity contribution in [3.05, 3.63) is 107 Å². The molecular formula is C31H22F9N7O. The van der Waals surface area contributed by atoms with Gasteiger partial charge in [0.2, 0.25) is 0 Å². The molecule has 5 rings (SSSR count). The third-order valence-electron chi connectivity index (χ3n) is 7.01. The van der Waals surface area contributed by atoms with Crippen molar-refractivity contribution in [1.82, 2.24) is 20.6 Å². The quantitative estimate of drug-likeness (QED) is 0.136. The summed E-state index contributed by atoms with van der Waals surface area (Å²) in [6, 6.07) is 13.7. The zero-order valence-electron chi connectivity index (χ0n) is 24.2. The van der Waals surface area contributed by atoms with Crippen molar-refractivity contribution in [3.8, 4) is 22.5 Å². The summed E-state index contributed by atoms with van der Waals surface area (Å²) in [5.74, 6) is -3.01. The maximum absolute atomic E-state index is 14.3.